The highest BCUT2D eigenvalue weighted by molar-refractivity contribution is 7.99. The first-order valence-electron chi connectivity index (χ1n) is 9.70. The van der Waals surface area contributed by atoms with E-state index in [9.17, 15) is 9.59 Å². The third-order valence-corrected chi connectivity index (χ3v) is 5.65. The van der Waals surface area contributed by atoms with Gasteiger partial charge in [0.15, 0.2) is 0 Å². The molecule has 0 aromatic heterocycles. The molecule has 1 aliphatic rings. The van der Waals surface area contributed by atoms with Gasteiger partial charge >= 0.3 is 0 Å². The average molecular weight is 415 g/mol. The maximum absolute atomic E-state index is 12.9. The first-order valence-corrected chi connectivity index (χ1v) is 10.7. The molecule has 1 aliphatic heterocycles. The van der Waals surface area contributed by atoms with Crippen LogP contribution in [0, 0.1) is 0 Å². The van der Waals surface area contributed by atoms with Crippen molar-refractivity contribution in [3.8, 4) is 0 Å². The van der Waals surface area contributed by atoms with Crippen molar-refractivity contribution >= 4 is 29.3 Å². The van der Waals surface area contributed by atoms with Crippen LogP contribution in [0.25, 0.3) is 0 Å². The Kier molecular flexibility index (Phi) is 8.10. The van der Waals surface area contributed by atoms with Crippen molar-refractivity contribution in [3.05, 3.63) is 59.7 Å². The maximum Gasteiger partial charge on any atom is 0.256 e. The quantitative estimate of drug-likeness (QED) is 0.484. The van der Waals surface area contributed by atoms with E-state index in [1.54, 1.807) is 49.2 Å². The number of hydrogen-bond donors (Lipinski definition) is 2. The fourth-order valence-electron chi connectivity index (χ4n) is 3.10. The molecule has 154 valence electrons. The monoisotopic (exact) mass is 414 g/mol. The Morgan fingerprint density at radius 2 is 1.86 bits per heavy atom. The van der Waals surface area contributed by atoms with Crippen molar-refractivity contribution in [2.24, 2.45) is 0 Å². The van der Waals surface area contributed by atoms with E-state index < -0.39 is 0 Å². The highest BCUT2D eigenvalue weighted by Gasteiger charge is 2.19. The van der Waals surface area contributed by atoms with Crippen LogP contribution in [0.2, 0.25) is 0 Å². The highest BCUT2D eigenvalue weighted by Crippen LogP contribution is 2.24. The van der Waals surface area contributed by atoms with Crippen molar-refractivity contribution in [1.82, 2.24) is 5.32 Å². The van der Waals surface area contributed by atoms with Gasteiger partial charge in [-0.2, -0.15) is 0 Å². The Balaban J connectivity index is 1.68. The van der Waals surface area contributed by atoms with E-state index in [1.165, 1.54) is 0 Å². The molecule has 0 saturated carbocycles. The molecule has 1 saturated heterocycles. The molecular formula is C22H26N2O4S. The Bertz CT molecular complexity index is 837. The number of para-hydroxylation sites is 1. The summed E-state index contributed by atoms with van der Waals surface area (Å²) < 4.78 is 10.6. The summed E-state index contributed by atoms with van der Waals surface area (Å²) in [6, 6.07) is 14.4. The van der Waals surface area contributed by atoms with Crippen LogP contribution < -0.4 is 10.6 Å². The van der Waals surface area contributed by atoms with Crippen molar-refractivity contribution < 1.29 is 19.1 Å². The molecule has 6 nitrogen and oxygen atoms in total. The number of carbonyl (C=O) groups excluding carboxylic acids is 2. The van der Waals surface area contributed by atoms with Crippen LogP contribution >= 0.6 is 11.8 Å². The summed E-state index contributed by atoms with van der Waals surface area (Å²) >= 11 is 1.56. The van der Waals surface area contributed by atoms with Gasteiger partial charge < -0.3 is 20.1 Å². The SMILES string of the molecule is COCCSc1ccccc1C(=O)Nc1ccccc1C(=O)NC[C@@H]1CCCO1. The van der Waals surface area contributed by atoms with Crippen LogP contribution in [0.1, 0.15) is 33.6 Å². The molecule has 7 heteroatoms. The first kappa shape index (κ1) is 21.4. The average Bonchev–Trinajstić information content (AvgIpc) is 3.26. The van der Waals surface area contributed by atoms with Crippen LogP contribution in [-0.4, -0.2) is 50.5 Å². The Morgan fingerprint density at radius 3 is 2.62 bits per heavy atom. The number of rotatable bonds is 9. The minimum Gasteiger partial charge on any atom is -0.384 e. The fourth-order valence-corrected chi connectivity index (χ4v) is 4.06. The number of ether oxygens (including phenoxy) is 2. The van der Waals surface area contributed by atoms with Crippen molar-refractivity contribution in [2.75, 3.05) is 37.9 Å². The molecule has 0 spiro atoms. The predicted molar refractivity (Wildman–Crippen MR) is 115 cm³/mol. The molecule has 2 amide bonds. The van der Waals surface area contributed by atoms with E-state index in [0.717, 1.165) is 30.1 Å². The van der Waals surface area contributed by atoms with Crippen LogP contribution in [0.5, 0.6) is 0 Å². The summed E-state index contributed by atoms with van der Waals surface area (Å²) in [5, 5.41) is 5.80. The molecule has 0 unspecified atom stereocenters. The summed E-state index contributed by atoms with van der Waals surface area (Å²) in [6.45, 7) is 1.82. The van der Waals surface area contributed by atoms with Crippen molar-refractivity contribution in [2.45, 2.75) is 23.8 Å². The lowest BCUT2D eigenvalue weighted by Gasteiger charge is -2.14. The third kappa shape index (κ3) is 6.06. The van der Waals surface area contributed by atoms with Crippen LogP contribution in [-0.2, 0) is 9.47 Å². The Labute approximate surface area is 175 Å². The standard InChI is InChI=1S/C22H26N2O4S/c1-27-13-14-29-20-11-5-3-9-18(20)22(26)24-19-10-4-2-8-17(19)21(25)23-15-16-7-6-12-28-16/h2-5,8-11,16H,6-7,12-15H2,1H3,(H,23,25)(H,24,26)/t16-/m0/s1. The molecule has 1 atom stereocenters. The number of benzene rings is 2. The summed E-state index contributed by atoms with van der Waals surface area (Å²) in [4.78, 5) is 26.4. The predicted octanol–water partition coefficient (Wildman–Crippen LogP) is 3.59. The number of hydrogen-bond acceptors (Lipinski definition) is 5. The van der Waals surface area contributed by atoms with Gasteiger partial charge in [0, 0.05) is 30.9 Å². The normalized spacial score (nSPS) is 15.8. The number of carbonyl (C=O) groups is 2. The number of methoxy groups -OCH3 is 1. The molecule has 0 radical (unpaired) electrons. The lowest BCUT2D eigenvalue weighted by Crippen LogP contribution is -2.32. The molecular weight excluding hydrogens is 388 g/mol. The Morgan fingerprint density at radius 1 is 1.10 bits per heavy atom. The number of thioether (sulfide) groups is 1. The topological polar surface area (TPSA) is 76.7 Å². The molecule has 1 fully saturated rings. The van der Waals surface area contributed by atoms with Gasteiger partial charge in [-0.25, -0.2) is 0 Å². The van der Waals surface area contributed by atoms with Gasteiger partial charge in [-0.3, -0.25) is 9.59 Å². The summed E-state index contributed by atoms with van der Waals surface area (Å²) in [6.07, 6.45) is 2.04. The van der Waals surface area contributed by atoms with Gasteiger partial charge in [0.1, 0.15) is 0 Å². The molecule has 3 rings (SSSR count). The smallest absolute Gasteiger partial charge is 0.256 e. The number of anilines is 1. The van der Waals surface area contributed by atoms with E-state index in [1.807, 2.05) is 18.2 Å². The van der Waals surface area contributed by atoms with E-state index in [4.69, 9.17) is 9.47 Å². The molecule has 0 bridgehead atoms. The van der Waals surface area contributed by atoms with E-state index >= 15 is 0 Å². The zero-order chi connectivity index (χ0) is 20.5. The zero-order valence-corrected chi connectivity index (χ0v) is 17.3. The molecule has 29 heavy (non-hydrogen) atoms. The van der Waals surface area contributed by atoms with Gasteiger partial charge in [0.2, 0.25) is 0 Å². The van der Waals surface area contributed by atoms with Gasteiger partial charge in [-0.15, -0.1) is 11.8 Å². The molecule has 2 N–H and O–H groups in total. The van der Waals surface area contributed by atoms with Crippen LogP contribution in [0.15, 0.2) is 53.4 Å². The number of amides is 2. The van der Waals surface area contributed by atoms with Gasteiger partial charge in [-0.1, -0.05) is 24.3 Å². The second-order valence-corrected chi connectivity index (χ2v) is 7.82. The van der Waals surface area contributed by atoms with E-state index in [-0.39, 0.29) is 17.9 Å². The lowest BCUT2D eigenvalue weighted by molar-refractivity contribution is 0.0858. The Hall–Kier alpha value is -2.35. The van der Waals surface area contributed by atoms with Gasteiger partial charge in [0.25, 0.3) is 11.8 Å². The second-order valence-electron chi connectivity index (χ2n) is 6.68. The number of nitrogens with one attached hydrogen (secondary N) is 2. The molecule has 2 aromatic rings. The highest BCUT2D eigenvalue weighted by atomic mass is 32.2. The minimum absolute atomic E-state index is 0.0664. The van der Waals surface area contributed by atoms with Crippen molar-refractivity contribution in [3.63, 3.8) is 0 Å². The molecule has 0 aliphatic carbocycles. The third-order valence-electron chi connectivity index (χ3n) is 4.61. The largest absolute Gasteiger partial charge is 0.384 e. The molecule has 2 aromatic carbocycles. The summed E-state index contributed by atoms with van der Waals surface area (Å²) in [5.74, 6) is 0.285. The maximum atomic E-state index is 12.9. The van der Waals surface area contributed by atoms with Gasteiger partial charge in [-0.05, 0) is 37.1 Å². The van der Waals surface area contributed by atoms with Crippen molar-refractivity contribution in [1.29, 1.82) is 0 Å². The van der Waals surface area contributed by atoms with Gasteiger partial charge in [0.05, 0.1) is 29.5 Å². The summed E-state index contributed by atoms with van der Waals surface area (Å²) in [5.41, 5.74) is 1.49. The zero-order valence-electron chi connectivity index (χ0n) is 16.5. The van der Waals surface area contributed by atoms with E-state index in [0.29, 0.717) is 30.0 Å². The first-order chi connectivity index (χ1) is 14.2. The second kappa shape index (κ2) is 11.0. The lowest BCUT2D eigenvalue weighted by atomic mass is 10.1. The fraction of sp³-hybridized carbons (Fsp3) is 0.364. The van der Waals surface area contributed by atoms with E-state index in [2.05, 4.69) is 10.6 Å². The van der Waals surface area contributed by atoms with Crippen LogP contribution in [0.4, 0.5) is 5.69 Å². The van der Waals surface area contributed by atoms with Crippen LogP contribution in [0.3, 0.4) is 0 Å². The molecule has 1 heterocycles. The minimum atomic E-state index is -0.245. The summed E-state index contributed by atoms with van der Waals surface area (Å²) in [7, 11) is 1.65.